The van der Waals surface area contributed by atoms with Crippen molar-refractivity contribution < 1.29 is 31.2 Å². The van der Waals surface area contributed by atoms with Crippen LogP contribution in [0.2, 0.25) is 0 Å². The van der Waals surface area contributed by atoms with Gasteiger partial charge in [-0.25, -0.2) is 21.6 Å². The van der Waals surface area contributed by atoms with Crippen molar-refractivity contribution in [3.05, 3.63) is 58.7 Å². The van der Waals surface area contributed by atoms with Crippen LogP contribution in [0.5, 0.6) is 0 Å². The van der Waals surface area contributed by atoms with Gasteiger partial charge in [-0.2, -0.15) is 4.99 Å². The van der Waals surface area contributed by atoms with E-state index < -0.39 is 41.0 Å². The highest BCUT2D eigenvalue weighted by molar-refractivity contribution is 7.93. The van der Waals surface area contributed by atoms with Gasteiger partial charge < -0.3 is 16.2 Å². The molecule has 206 valence electrons. The van der Waals surface area contributed by atoms with Gasteiger partial charge in [0, 0.05) is 5.56 Å². The summed E-state index contributed by atoms with van der Waals surface area (Å²) in [7, 11) is -5.58. The molecule has 38 heavy (non-hydrogen) atoms. The third-order valence-corrected chi connectivity index (χ3v) is 12.3. The molecule has 2 aromatic carbocycles. The van der Waals surface area contributed by atoms with Crippen molar-refractivity contribution in [2.45, 2.75) is 72.7 Å². The summed E-state index contributed by atoms with van der Waals surface area (Å²) in [5, 5.41) is 0. The minimum atomic E-state index is -3.47. The number of nitrogens with zero attached hydrogens (tertiary/aromatic N) is 1. The lowest BCUT2D eigenvalue weighted by Crippen LogP contribution is -2.36. The minimum absolute atomic E-state index is 0.165. The van der Waals surface area contributed by atoms with E-state index in [0.29, 0.717) is 25.7 Å². The first kappa shape index (κ1) is 29.3. The molecule has 2 aliphatic rings. The summed E-state index contributed by atoms with van der Waals surface area (Å²) < 4.78 is 52.9. The highest BCUT2D eigenvalue weighted by Gasteiger charge is 2.41. The fourth-order valence-corrected chi connectivity index (χ4v) is 7.84. The number of hydrogen-bond acceptors (Lipinski definition) is 7. The molecule has 4 rings (SSSR count). The SMILES string of the molecule is CC1(C)CCc2ccc(C(=O)N=C(N)N)cc2S1(=O)=O.COC(=O)c1ccc2c(c1)S(=O)(=O)C(C)(C)CC2. The highest BCUT2D eigenvalue weighted by Crippen LogP contribution is 2.38. The Labute approximate surface area is 223 Å². The maximum absolute atomic E-state index is 12.5. The molecular formula is C26H33N3O7S2. The number of amides is 1. The maximum Gasteiger partial charge on any atom is 0.337 e. The first-order chi connectivity index (χ1) is 17.4. The van der Waals surface area contributed by atoms with E-state index in [0.717, 1.165) is 11.1 Å². The Bertz CT molecular complexity index is 1540. The summed E-state index contributed by atoms with van der Waals surface area (Å²) in [6.07, 6.45) is 2.53. The minimum Gasteiger partial charge on any atom is -0.465 e. The van der Waals surface area contributed by atoms with E-state index in [4.69, 9.17) is 11.5 Å². The molecule has 2 aliphatic heterocycles. The lowest BCUT2D eigenvalue weighted by molar-refractivity contribution is 0.0600. The predicted octanol–water partition coefficient (Wildman–Crippen LogP) is 2.57. The van der Waals surface area contributed by atoms with Crippen LogP contribution >= 0.6 is 0 Å². The molecule has 0 atom stereocenters. The van der Waals surface area contributed by atoms with Crippen molar-refractivity contribution in [2.75, 3.05) is 7.11 Å². The summed E-state index contributed by atoms with van der Waals surface area (Å²) in [6, 6.07) is 9.30. The van der Waals surface area contributed by atoms with Gasteiger partial charge in [0.25, 0.3) is 5.91 Å². The first-order valence-corrected chi connectivity index (χ1v) is 14.9. The summed E-state index contributed by atoms with van der Waals surface area (Å²) in [5.41, 5.74) is 12.3. The van der Waals surface area contributed by atoms with Crippen molar-refractivity contribution in [1.29, 1.82) is 0 Å². The van der Waals surface area contributed by atoms with Crippen LogP contribution < -0.4 is 11.5 Å². The molecule has 1 amide bonds. The zero-order chi connectivity index (χ0) is 28.7. The molecule has 0 saturated carbocycles. The summed E-state index contributed by atoms with van der Waals surface area (Å²) >= 11 is 0. The Morgan fingerprint density at radius 1 is 0.789 bits per heavy atom. The number of rotatable bonds is 2. The number of nitrogens with two attached hydrogens (primary N) is 2. The second-order valence-corrected chi connectivity index (χ2v) is 15.6. The zero-order valence-electron chi connectivity index (χ0n) is 22.1. The van der Waals surface area contributed by atoms with E-state index in [1.54, 1.807) is 52.0 Å². The Morgan fingerprint density at radius 2 is 1.21 bits per heavy atom. The Balaban J connectivity index is 0.000000212. The molecule has 0 saturated heterocycles. The van der Waals surface area contributed by atoms with Crippen LogP contribution in [-0.4, -0.2) is 51.3 Å². The molecule has 0 spiro atoms. The summed E-state index contributed by atoms with van der Waals surface area (Å²) in [6.45, 7) is 6.82. The van der Waals surface area contributed by atoms with E-state index >= 15 is 0 Å². The standard InChI is InChI=1S/C13H17N3O3S.C13H16O4S/c1-13(2)6-5-8-3-4-9(11(17)16-12(14)15)7-10(8)20(13,18)19;1-13(2)7-6-9-4-5-10(12(14)17-3)8-11(9)18(13,15)16/h3-4,7H,5-6H2,1-2H3,(H4,14,15,16,17);4-5,8H,6-7H2,1-3H3. The second-order valence-electron chi connectivity index (χ2n) is 10.5. The fourth-order valence-electron chi connectivity index (χ4n) is 4.32. The Morgan fingerprint density at radius 3 is 1.63 bits per heavy atom. The fraction of sp³-hybridized carbons (Fsp3) is 0.423. The molecule has 0 aromatic heterocycles. The van der Waals surface area contributed by atoms with Crippen LogP contribution in [0, 0.1) is 0 Å². The molecule has 2 heterocycles. The number of esters is 1. The lowest BCUT2D eigenvalue weighted by atomic mass is 10.00. The van der Waals surface area contributed by atoms with Crippen LogP contribution in [0.3, 0.4) is 0 Å². The van der Waals surface area contributed by atoms with Gasteiger partial charge in [0.1, 0.15) is 0 Å². The number of carbonyl (C=O) groups excluding carboxylic acids is 2. The lowest BCUT2D eigenvalue weighted by Gasteiger charge is -2.31. The number of ether oxygens (including phenoxy) is 1. The van der Waals surface area contributed by atoms with Crippen molar-refractivity contribution in [2.24, 2.45) is 16.5 Å². The molecule has 0 bridgehead atoms. The Hall–Kier alpha value is -3.25. The molecule has 12 heteroatoms. The van der Waals surface area contributed by atoms with Gasteiger partial charge in [0.05, 0.1) is 32.0 Å². The van der Waals surface area contributed by atoms with Crippen LogP contribution in [0.4, 0.5) is 0 Å². The smallest absolute Gasteiger partial charge is 0.337 e. The molecule has 0 fully saturated rings. The van der Waals surface area contributed by atoms with Crippen molar-refractivity contribution in [1.82, 2.24) is 0 Å². The number of guanidine groups is 1. The molecule has 0 aliphatic carbocycles. The monoisotopic (exact) mass is 563 g/mol. The van der Waals surface area contributed by atoms with Gasteiger partial charge in [-0.1, -0.05) is 12.1 Å². The van der Waals surface area contributed by atoms with E-state index in [-0.39, 0.29) is 26.9 Å². The van der Waals surface area contributed by atoms with Crippen molar-refractivity contribution >= 4 is 37.5 Å². The second kappa shape index (κ2) is 10.1. The largest absolute Gasteiger partial charge is 0.465 e. The topological polar surface area (TPSA) is 176 Å². The normalized spacial score (nSPS) is 19.4. The quantitative estimate of drug-likeness (QED) is 0.316. The number of benzene rings is 2. The molecule has 2 aromatic rings. The van der Waals surface area contributed by atoms with Gasteiger partial charge in [0.2, 0.25) is 0 Å². The zero-order valence-corrected chi connectivity index (χ0v) is 23.7. The maximum atomic E-state index is 12.5. The van der Waals surface area contributed by atoms with Gasteiger partial charge in [-0.05, 0) is 88.8 Å². The van der Waals surface area contributed by atoms with E-state index in [2.05, 4.69) is 9.73 Å². The van der Waals surface area contributed by atoms with E-state index in [1.807, 2.05) is 0 Å². The number of fused-ring (bicyclic) bond motifs is 2. The van der Waals surface area contributed by atoms with Crippen LogP contribution in [0.15, 0.2) is 51.2 Å². The number of aryl methyl sites for hydroxylation is 2. The van der Waals surface area contributed by atoms with E-state index in [1.165, 1.54) is 19.2 Å². The molecule has 0 radical (unpaired) electrons. The van der Waals surface area contributed by atoms with Gasteiger partial charge >= 0.3 is 5.97 Å². The summed E-state index contributed by atoms with van der Waals surface area (Å²) in [5.74, 6) is -1.52. The molecule has 0 unspecified atom stereocenters. The molecular weight excluding hydrogens is 530 g/mol. The Kier molecular flexibility index (Phi) is 7.82. The summed E-state index contributed by atoms with van der Waals surface area (Å²) in [4.78, 5) is 27.1. The van der Waals surface area contributed by atoms with E-state index in [9.17, 15) is 26.4 Å². The number of hydrogen-bond donors (Lipinski definition) is 2. The van der Waals surface area contributed by atoms with Gasteiger partial charge in [-0.15, -0.1) is 0 Å². The van der Waals surface area contributed by atoms with Gasteiger partial charge in [-0.3, -0.25) is 4.79 Å². The number of methoxy groups -OCH3 is 1. The van der Waals surface area contributed by atoms with Crippen LogP contribution in [-0.2, 0) is 37.3 Å². The number of sulfone groups is 2. The molecule has 10 nitrogen and oxygen atoms in total. The first-order valence-electron chi connectivity index (χ1n) is 11.9. The number of carbonyl (C=O) groups is 2. The van der Waals surface area contributed by atoms with Crippen LogP contribution in [0.1, 0.15) is 72.4 Å². The average molecular weight is 564 g/mol. The number of aliphatic imine (C=N–C) groups is 1. The van der Waals surface area contributed by atoms with Crippen molar-refractivity contribution in [3.8, 4) is 0 Å². The van der Waals surface area contributed by atoms with Gasteiger partial charge in [0.15, 0.2) is 25.6 Å². The van der Waals surface area contributed by atoms with Crippen LogP contribution in [0.25, 0.3) is 0 Å². The van der Waals surface area contributed by atoms with Crippen molar-refractivity contribution in [3.63, 3.8) is 0 Å². The molecule has 4 N–H and O–H groups in total. The third kappa shape index (κ3) is 5.32. The highest BCUT2D eigenvalue weighted by atomic mass is 32.2. The third-order valence-electron chi connectivity index (χ3n) is 7.06. The average Bonchev–Trinajstić information content (AvgIpc) is 2.84. The predicted molar refractivity (Wildman–Crippen MR) is 144 cm³/mol.